The van der Waals surface area contributed by atoms with Crippen LogP contribution in [0.2, 0.25) is 5.02 Å². The Kier molecular flexibility index (Phi) is 5.03. The molecule has 0 bridgehead atoms. The van der Waals surface area contributed by atoms with Gasteiger partial charge in [0.05, 0.1) is 12.1 Å². The van der Waals surface area contributed by atoms with Crippen LogP contribution in [0.3, 0.4) is 0 Å². The molecule has 2 aromatic rings. The third-order valence-electron chi connectivity index (χ3n) is 3.00. The highest BCUT2D eigenvalue weighted by Crippen LogP contribution is 2.37. The van der Waals surface area contributed by atoms with Gasteiger partial charge >= 0.3 is 0 Å². The number of hydrogen-bond donors (Lipinski definition) is 1. The molecule has 21 heavy (non-hydrogen) atoms. The van der Waals surface area contributed by atoms with Crippen LogP contribution in [0.5, 0.6) is 11.5 Å². The second kappa shape index (κ2) is 6.78. The molecule has 0 amide bonds. The minimum absolute atomic E-state index is 0.0520. The van der Waals surface area contributed by atoms with Gasteiger partial charge in [0.15, 0.2) is 17.3 Å². The van der Waals surface area contributed by atoms with Crippen LogP contribution in [0.15, 0.2) is 18.5 Å². The molecule has 1 unspecified atom stereocenters. The van der Waals surface area contributed by atoms with Crippen molar-refractivity contribution in [1.29, 1.82) is 0 Å². The largest absolute Gasteiger partial charge is 0.493 e. The standard InChI is InChI=1S/C14H19ClN4O2/c1-9(16)4-10-5-11(15)14(12(6-10)20-3)21-7-13-17-8-18-19(13)2/h5-6,8-9H,4,7,16H2,1-3H3. The summed E-state index contributed by atoms with van der Waals surface area (Å²) in [5.74, 6) is 1.78. The van der Waals surface area contributed by atoms with Crippen LogP contribution in [-0.4, -0.2) is 27.9 Å². The second-order valence-corrected chi connectivity index (χ2v) is 5.29. The van der Waals surface area contributed by atoms with Gasteiger partial charge in [-0.25, -0.2) is 4.98 Å². The Labute approximate surface area is 128 Å². The molecule has 0 aliphatic rings. The molecule has 0 saturated carbocycles. The smallest absolute Gasteiger partial charge is 0.180 e. The van der Waals surface area contributed by atoms with Crippen molar-refractivity contribution < 1.29 is 9.47 Å². The van der Waals surface area contributed by atoms with Gasteiger partial charge in [0.25, 0.3) is 0 Å². The van der Waals surface area contributed by atoms with Gasteiger partial charge in [-0.1, -0.05) is 11.6 Å². The van der Waals surface area contributed by atoms with Gasteiger partial charge in [0.1, 0.15) is 12.9 Å². The van der Waals surface area contributed by atoms with E-state index in [9.17, 15) is 0 Å². The summed E-state index contributed by atoms with van der Waals surface area (Å²) in [6.07, 6.45) is 2.20. The molecule has 6 nitrogen and oxygen atoms in total. The molecule has 7 heteroatoms. The quantitative estimate of drug-likeness (QED) is 0.882. The first-order valence-corrected chi connectivity index (χ1v) is 6.96. The van der Waals surface area contributed by atoms with E-state index in [0.29, 0.717) is 22.3 Å². The molecule has 0 aliphatic carbocycles. The topological polar surface area (TPSA) is 75.2 Å². The number of rotatable bonds is 6. The second-order valence-electron chi connectivity index (χ2n) is 4.88. The number of methoxy groups -OCH3 is 1. The Morgan fingerprint density at radius 3 is 2.76 bits per heavy atom. The lowest BCUT2D eigenvalue weighted by Crippen LogP contribution is -2.17. The van der Waals surface area contributed by atoms with E-state index in [2.05, 4.69) is 10.1 Å². The summed E-state index contributed by atoms with van der Waals surface area (Å²) in [7, 11) is 3.38. The minimum atomic E-state index is 0.0520. The van der Waals surface area contributed by atoms with Crippen molar-refractivity contribution in [2.75, 3.05) is 7.11 Å². The van der Waals surface area contributed by atoms with E-state index in [1.165, 1.54) is 6.33 Å². The first kappa shape index (κ1) is 15.6. The van der Waals surface area contributed by atoms with Gasteiger partial charge in [-0.15, -0.1) is 0 Å². The maximum Gasteiger partial charge on any atom is 0.180 e. The summed E-state index contributed by atoms with van der Waals surface area (Å²) in [5, 5.41) is 4.48. The van der Waals surface area contributed by atoms with E-state index in [-0.39, 0.29) is 12.6 Å². The molecule has 1 aromatic carbocycles. The zero-order valence-corrected chi connectivity index (χ0v) is 13.1. The molecule has 0 saturated heterocycles. The zero-order chi connectivity index (χ0) is 15.4. The van der Waals surface area contributed by atoms with E-state index in [1.54, 1.807) is 18.8 Å². The van der Waals surface area contributed by atoms with Crippen molar-refractivity contribution in [2.24, 2.45) is 12.8 Å². The van der Waals surface area contributed by atoms with E-state index in [0.717, 1.165) is 12.0 Å². The van der Waals surface area contributed by atoms with Crippen molar-refractivity contribution in [1.82, 2.24) is 14.8 Å². The molecule has 2 rings (SSSR count). The van der Waals surface area contributed by atoms with Crippen LogP contribution in [0.1, 0.15) is 18.3 Å². The number of benzene rings is 1. The lowest BCUT2D eigenvalue weighted by atomic mass is 10.1. The van der Waals surface area contributed by atoms with Crippen molar-refractivity contribution in [3.05, 3.63) is 34.9 Å². The number of nitrogens with two attached hydrogens (primary N) is 1. The van der Waals surface area contributed by atoms with Crippen LogP contribution in [0.25, 0.3) is 0 Å². The Balaban J connectivity index is 2.20. The lowest BCUT2D eigenvalue weighted by molar-refractivity contribution is 0.271. The van der Waals surface area contributed by atoms with Gasteiger partial charge in [-0.05, 0) is 31.0 Å². The highest BCUT2D eigenvalue weighted by atomic mass is 35.5. The maximum absolute atomic E-state index is 6.29. The molecular weight excluding hydrogens is 292 g/mol. The van der Waals surface area contributed by atoms with Crippen molar-refractivity contribution in [3.8, 4) is 11.5 Å². The van der Waals surface area contributed by atoms with E-state index >= 15 is 0 Å². The number of halogens is 1. The zero-order valence-electron chi connectivity index (χ0n) is 12.3. The summed E-state index contributed by atoms with van der Waals surface area (Å²) >= 11 is 6.29. The summed E-state index contributed by atoms with van der Waals surface area (Å²) < 4.78 is 12.7. The fourth-order valence-electron chi connectivity index (χ4n) is 1.99. The molecule has 0 spiro atoms. The number of ether oxygens (including phenoxy) is 2. The van der Waals surface area contributed by atoms with Crippen molar-refractivity contribution >= 4 is 11.6 Å². The molecule has 114 valence electrons. The fraction of sp³-hybridized carbons (Fsp3) is 0.429. The third-order valence-corrected chi connectivity index (χ3v) is 3.28. The minimum Gasteiger partial charge on any atom is -0.493 e. The average molecular weight is 311 g/mol. The first-order valence-electron chi connectivity index (χ1n) is 6.59. The highest BCUT2D eigenvalue weighted by molar-refractivity contribution is 6.32. The average Bonchev–Trinajstić information content (AvgIpc) is 2.82. The van der Waals surface area contributed by atoms with E-state index in [4.69, 9.17) is 26.8 Å². The highest BCUT2D eigenvalue weighted by Gasteiger charge is 2.14. The van der Waals surface area contributed by atoms with Crippen LogP contribution in [0, 0.1) is 0 Å². The van der Waals surface area contributed by atoms with E-state index < -0.39 is 0 Å². The fourth-order valence-corrected chi connectivity index (χ4v) is 2.28. The van der Waals surface area contributed by atoms with Crippen molar-refractivity contribution in [3.63, 3.8) is 0 Å². The summed E-state index contributed by atoms with van der Waals surface area (Å²) in [6, 6.07) is 3.79. The molecule has 0 radical (unpaired) electrons. The van der Waals surface area contributed by atoms with Gasteiger partial charge < -0.3 is 15.2 Å². The molecular formula is C14H19ClN4O2. The molecule has 2 N–H and O–H groups in total. The molecule has 0 aliphatic heterocycles. The summed E-state index contributed by atoms with van der Waals surface area (Å²) in [5.41, 5.74) is 6.82. The van der Waals surface area contributed by atoms with Gasteiger partial charge in [0.2, 0.25) is 0 Å². The molecule has 1 heterocycles. The van der Waals surface area contributed by atoms with E-state index in [1.807, 2.05) is 19.1 Å². The normalized spacial score (nSPS) is 12.2. The molecule has 0 fully saturated rings. The van der Waals surface area contributed by atoms with Crippen LogP contribution in [-0.2, 0) is 20.1 Å². The maximum atomic E-state index is 6.29. The van der Waals surface area contributed by atoms with Crippen molar-refractivity contribution in [2.45, 2.75) is 26.0 Å². The Hall–Kier alpha value is -1.79. The number of aromatic nitrogens is 3. The summed E-state index contributed by atoms with van der Waals surface area (Å²) in [4.78, 5) is 4.10. The monoisotopic (exact) mass is 310 g/mol. The predicted molar refractivity (Wildman–Crippen MR) is 80.7 cm³/mol. The molecule has 1 atom stereocenters. The van der Waals surface area contributed by atoms with Crippen LogP contribution in [0.4, 0.5) is 0 Å². The first-order chi connectivity index (χ1) is 10.0. The van der Waals surface area contributed by atoms with Crippen LogP contribution < -0.4 is 15.2 Å². The lowest BCUT2D eigenvalue weighted by Gasteiger charge is -2.14. The number of nitrogens with zero attached hydrogens (tertiary/aromatic N) is 3. The SMILES string of the molecule is COc1cc(CC(C)N)cc(Cl)c1OCc1ncnn1C. The third kappa shape index (κ3) is 3.86. The number of hydrogen-bond acceptors (Lipinski definition) is 5. The van der Waals surface area contributed by atoms with Gasteiger partial charge in [0, 0.05) is 13.1 Å². The number of aryl methyl sites for hydroxylation is 1. The van der Waals surface area contributed by atoms with Gasteiger partial charge in [-0.3, -0.25) is 4.68 Å². The Bertz CT molecular complexity index is 613. The predicted octanol–water partition coefficient (Wildman–Crippen LogP) is 1.95. The Morgan fingerprint density at radius 2 is 2.19 bits per heavy atom. The molecule has 1 aromatic heterocycles. The van der Waals surface area contributed by atoms with Gasteiger partial charge in [-0.2, -0.15) is 5.10 Å². The van der Waals surface area contributed by atoms with Crippen LogP contribution >= 0.6 is 11.6 Å². The Morgan fingerprint density at radius 1 is 1.43 bits per heavy atom. The summed E-state index contributed by atoms with van der Waals surface area (Å²) in [6.45, 7) is 2.21.